The van der Waals surface area contributed by atoms with E-state index in [0.29, 0.717) is 17.7 Å². The van der Waals surface area contributed by atoms with Crippen LogP contribution in [0.2, 0.25) is 0 Å². The third-order valence-corrected chi connectivity index (χ3v) is 6.95. The van der Waals surface area contributed by atoms with Gasteiger partial charge in [-0.3, -0.25) is 4.79 Å². The highest BCUT2D eigenvalue weighted by molar-refractivity contribution is 9.10. The third kappa shape index (κ3) is 3.87. The number of hydrogen-bond donors (Lipinski definition) is 1. The van der Waals surface area contributed by atoms with Gasteiger partial charge in [-0.05, 0) is 59.3 Å². The van der Waals surface area contributed by atoms with Gasteiger partial charge in [-0.25, -0.2) is 0 Å². The lowest BCUT2D eigenvalue weighted by Crippen LogP contribution is -2.44. The van der Waals surface area contributed by atoms with Crippen molar-refractivity contribution in [2.75, 3.05) is 31.9 Å². The van der Waals surface area contributed by atoms with E-state index in [1.807, 2.05) is 18.2 Å². The quantitative estimate of drug-likeness (QED) is 0.808. The first-order valence-corrected chi connectivity index (χ1v) is 9.82. The number of thioether (sulfide) groups is 1. The van der Waals surface area contributed by atoms with Crippen molar-refractivity contribution in [1.82, 2.24) is 10.2 Å². The van der Waals surface area contributed by atoms with Gasteiger partial charge in [-0.1, -0.05) is 12.1 Å². The van der Waals surface area contributed by atoms with Gasteiger partial charge in [-0.2, -0.15) is 0 Å². The van der Waals surface area contributed by atoms with Crippen molar-refractivity contribution in [3.8, 4) is 0 Å². The van der Waals surface area contributed by atoms with Crippen LogP contribution < -0.4 is 5.32 Å². The van der Waals surface area contributed by atoms with Gasteiger partial charge in [0.05, 0.1) is 0 Å². The first-order valence-electron chi connectivity index (χ1n) is 8.04. The Balaban J connectivity index is 1.42. The Kier molecular flexibility index (Phi) is 5.47. The summed E-state index contributed by atoms with van der Waals surface area (Å²) in [6.45, 7) is 4.18. The summed E-state index contributed by atoms with van der Waals surface area (Å²) in [6, 6.07) is 8.19. The lowest BCUT2D eigenvalue weighted by molar-refractivity contribution is -0.132. The van der Waals surface area contributed by atoms with Crippen molar-refractivity contribution in [2.45, 2.75) is 30.6 Å². The summed E-state index contributed by atoms with van der Waals surface area (Å²) in [5.74, 6) is 1.17. The summed E-state index contributed by atoms with van der Waals surface area (Å²) in [4.78, 5) is 15.6. The summed E-state index contributed by atoms with van der Waals surface area (Å²) in [5, 5.41) is 3.47. The number of rotatable bonds is 4. The second-order valence-electron chi connectivity index (χ2n) is 6.34. The molecule has 2 heterocycles. The lowest BCUT2D eigenvalue weighted by Gasteiger charge is -2.39. The van der Waals surface area contributed by atoms with Gasteiger partial charge < -0.3 is 10.2 Å². The van der Waals surface area contributed by atoms with E-state index in [-0.39, 0.29) is 0 Å². The number of nitrogens with one attached hydrogen (secondary N) is 1. The topological polar surface area (TPSA) is 32.3 Å². The minimum atomic E-state index is 0.320. The summed E-state index contributed by atoms with van der Waals surface area (Å²) in [6.07, 6.45) is 4.26. The predicted molar refractivity (Wildman–Crippen MR) is 95.2 cm³/mol. The molecule has 0 radical (unpaired) electrons. The fraction of sp³-hybridized carbons (Fsp3) is 0.588. The van der Waals surface area contributed by atoms with E-state index < -0.39 is 0 Å². The van der Waals surface area contributed by atoms with E-state index in [0.717, 1.165) is 36.4 Å². The second kappa shape index (κ2) is 7.37. The average Bonchev–Trinajstić information content (AvgIpc) is 2.98. The molecule has 0 unspecified atom stereocenters. The first kappa shape index (κ1) is 16.3. The zero-order chi connectivity index (χ0) is 15.4. The van der Waals surface area contributed by atoms with Crippen LogP contribution >= 0.6 is 27.7 Å². The molecule has 2 aliphatic heterocycles. The molecule has 0 aromatic heterocycles. The van der Waals surface area contributed by atoms with Crippen molar-refractivity contribution in [3.63, 3.8) is 0 Å². The molecule has 2 aliphatic rings. The standard InChI is InChI=1S/C17H23BrN2OS/c18-14-3-1-2-4-15(14)22-12-5-16(21)20-10-7-17(8-11-20)6-9-19-13-17/h1-4,19H,5-13H2. The van der Waals surface area contributed by atoms with Crippen LogP contribution in [0.25, 0.3) is 0 Å². The Labute approximate surface area is 145 Å². The smallest absolute Gasteiger partial charge is 0.223 e. The van der Waals surface area contributed by atoms with Crippen LogP contribution in [0.3, 0.4) is 0 Å². The van der Waals surface area contributed by atoms with Crippen molar-refractivity contribution in [1.29, 1.82) is 0 Å². The largest absolute Gasteiger partial charge is 0.343 e. The molecule has 0 aliphatic carbocycles. The Morgan fingerprint density at radius 1 is 1.27 bits per heavy atom. The molecule has 5 heteroatoms. The van der Waals surface area contributed by atoms with Gasteiger partial charge >= 0.3 is 0 Å². The Bertz CT molecular complexity index is 521. The summed E-state index contributed by atoms with van der Waals surface area (Å²) < 4.78 is 1.11. The van der Waals surface area contributed by atoms with E-state index >= 15 is 0 Å². The highest BCUT2D eigenvalue weighted by Gasteiger charge is 2.37. The van der Waals surface area contributed by atoms with Crippen molar-refractivity contribution < 1.29 is 4.79 Å². The SMILES string of the molecule is O=C(CCSc1ccccc1Br)N1CCC2(CCNC2)CC1. The maximum Gasteiger partial charge on any atom is 0.223 e. The number of hydrogen-bond acceptors (Lipinski definition) is 3. The molecule has 0 atom stereocenters. The molecule has 2 saturated heterocycles. The fourth-order valence-electron chi connectivity index (χ4n) is 3.42. The molecule has 0 bridgehead atoms. The van der Waals surface area contributed by atoms with Crippen molar-refractivity contribution in [2.24, 2.45) is 5.41 Å². The minimum absolute atomic E-state index is 0.320. The number of nitrogens with zero attached hydrogens (tertiary/aromatic N) is 1. The molecule has 3 rings (SSSR count). The van der Waals surface area contributed by atoms with Crippen LogP contribution in [0.1, 0.15) is 25.7 Å². The number of halogens is 1. The fourth-order valence-corrected chi connectivity index (χ4v) is 4.93. The molecule has 1 amide bonds. The Morgan fingerprint density at radius 3 is 2.73 bits per heavy atom. The van der Waals surface area contributed by atoms with Gasteiger partial charge in [-0.15, -0.1) is 11.8 Å². The van der Waals surface area contributed by atoms with Crippen LogP contribution in [0, 0.1) is 5.41 Å². The van der Waals surface area contributed by atoms with Crippen LogP contribution in [0.15, 0.2) is 33.6 Å². The monoisotopic (exact) mass is 382 g/mol. The molecule has 0 saturated carbocycles. The van der Waals surface area contributed by atoms with E-state index in [2.05, 4.69) is 32.2 Å². The van der Waals surface area contributed by atoms with Crippen LogP contribution in [-0.4, -0.2) is 42.7 Å². The molecular weight excluding hydrogens is 360 g/mol. The van der Waals surface area contributed by atoms with Crippen LogP contribution in [0.5, 0.6) is 0 Å². The Hall–Kier alpha value is -0.520. The summed E-state index contributed by atoms with van der Waals surface area (Å²) >= 11 is 5.31. The number of carbonyl (C=O) groups excluding carboxylic acids is 1. The van der Waals surface area contributed by atoms with E-state index in [1.54, 1.807) is 11.8 Å². The lowest BCUT2D eigenvalue weighted by atomic mass is 9.78. The highest BCUT2D eigenvalue weighted by Crippen LogP contribution is 2.37. The van der Waals surface area contributed by atoms with Crippen LogP contribution in [-0.2, 0) is 4.79 Å². The minimum Gasteiger partial charge on any atom is -0.343 e. The maximum absolute atomic E-state index is 12.4. The zero-order valence-corrected chi connectivity index (χ0v) is 15.2. The number of benzene rings is 1. The Morgan fingerprint density at radius 2 is 2.05 bits per heavy atom. The summed E-state index contributed by atoms with van der Waals surface area (Å²) in [5.41, 5.74) is 0.487. The van der Waals surface area contributed by atoms with Crippen molar-refractivity contribution in [3.05, 3.63) is 28.7 Å². The van der Waals surface area contributed by atoms with E-state index in [4.69, 9.17) is 0 Å². The van der Waals surface area contributed by atoms with Gasteiger partial charge in [0.25, 0.3) is 0 Å². The van der Waals surface area contributed by atoms with Gasteiger partial charge in [0.15, 0.2) is 0 Å². The predicted octanol–water partition coefficient (Wildman–Crippen LogP) is 3.53. The molecule has 22 heavy (non-hydrogen) atoms. The molecular formula is C17H23BrN2OS. The molecule has 1 spiro atoms. The number of amides is 1. The number of piperidine rings is 1. The van der Waals surface area contributed by atoms with Crippen molar-refractivity contribution >= 4 is 33.6 Å². The molecule has 3 nitrogen and oxygen atoms in total. The molecule has 1 aromatic rings. The normalized spacial score (nSPS) is 20.5. The molecule has 1 aromatic carbocycles. The first-order chi connectivity index (χ1) is 10.7. The third-order valence-electron chi connectivity index (χ3n) is 4.92. The van der Waals surface area contributed by atoms with E-state index in [1.165, 1.54) is 24.2 Å². The molecule has 1 N–H and O–H groups in total. The van der Waals surface area contributed by atoms with Crippen LogP contribution in [0.4, 0.5) is 0 Å². The average molecular weight is 383 g/mol. The summed E-state index contributed by atoms with van der Waals surface area (Å²) in [7, 11) is 0. The van der Waals surface area contributed by atoms with Gasteiger partial charge in [0.1, 0.15) is 0 Å². The molecule has 2 fully saturated rings. The van der Waals surface area contributed by atoms with E-state index in [9.17, 15) is 4.79 Å². The zero-order valence-electron chi connectivity index (χ0n) is 12.8. The highest BCUT2D eigenvalue weighted by atomic mass is 79.9. The van der Waals surface area contributed by atoms with Gasteiger partial charge in [0.2, 0.25) is 5.91 Å². The second-order valence-corrected chi connectivity index (χ2v) is 8.33. The molecule has 120 valence electrons. The number of carbonyl (C=O) groups is 1. The maximum atomic E-state index is 12.4. The van der Waals surface area contributed by atoms with Gasteiger partial charge in [0, 0.05) is 41.2 Å². The number of likely N-dealkylation sites (tertiary alicyclic amines) is 1.